The van der Waals surface area contributed by atoms with Crippen molar-refractivity contribution in [2.75, 3.05) is 19.5 Å². The SMILES string of the molecule is COc1ccc(-c2nc(SC(C)C(=O)Nc3ccc(Cl)c(Cl)c3)[nH]c2-c2ccc(OC)cc2)cc1. The molecule has 0 fully saturated rings. The van der Waals surface area contributed by atoms with Crippen LogP contribution in [0.5, 0.6) is 11.5 Å². The van der Waals surface area contributed by atoms with Crippen LogP contribution in [0.4, 0.5) is 5.69 Å². The molecule has 9 heteroatoms. The van der Waals surface area contributed by atoms with E-state index in [0.29, 0.717) is 20.9 Å². The highest BCUT2D eigenvalue weighted by Crippen LogP contribution is 2.35. The van der Waals surface area contributed by atoms with Crippen molar-refractivity contribution in [1.82, 2.24) is 9.97 Å². The zero-order valence-electron chi connectivity index (χ0n) is 19.3. The molecule has 180 valence electrons. The Labute approximate surface area is 218 Å². The second-order valence-corrected chi connectivity index (χ2v) is 9.74. The van der Waals surface area contributed by atoms with Gasteiger partial charge in [0.2, 0.25) is 5.91 Å². The molecule has 3 aromatic carbocycles. The van der Waals surface area contributed by atoms with Crippen molar-refractivity contribution in [3.05, 3.63) is 76.8 Å². The number of halogens is 2. The maximum atomic E-state index is 12.8. The molecule has 0 aliphatic heterocycles. The average molecular weight is 528 g/mol. The standard InChI is InChI=1S/C26H23Cl2N3O3S/c1-15(25(32)29-18-8-13-21(27)22(28)14-18)35-26-30-23(16-4-9-19(33-2)10-5-16)24(31-26)17-6-11-20(34-3)12-7-17/h4-15H,1-3H3,(H,29,32)(H,30,31). The lowest BCUT2D eigenvalue weighted by molar-refractivity contribution is -0.115. The Morgan fingerprint density at radius 3 is 2.09 bits per heavy atom. The molecule has 0 saturated heterocycles. The number of aromatic nitrogens is 2. The van der Waals surface area contributed by atoms with Crippen molar-refractivity contribution in [2.24, 2.45) is 0 Å². The molecule has 1 atom stereocenters. The van der Waals surface area contributed by atoms with E-state index < -0.39 is 5.25 Å². The van der Waals surface area contributed by atoms with Crippen LogP contribution in [0.2, 0.25) is 10.0 Å². The Kier molecular flexibility index (Phi) is 7.90. The number of ether oxygens (including phenoxy) is 2. The largest absolute Gasteiger partial charge is 0.497 e. The minimum absolute atomic E-state index is 0.179. The summed E-state index contributed by atoms with van der Waals surface area (Å²) in [5, 5.41) is 3.87. The van der Waals surface area contributed by atoms with Gasteiger partial charge >= 0.3 is 0 Å². The van der Waals surface area contributed by atoms with Crippen molar-refractivity contribution in [2.45, 2.75) is 17.3 Å². The van der Waals surface area contributed by atoms with Gasteiger partial charge in [-0.3, -0.25) is 4.79 Å². The fraction of sp³-hybridized carbons (Fsp3) is 0.154. The molecule has 1 amide bonds. The number of nitrogens with zero attached hydrogens (tertiary/aromatic N) is 1. The van der Waals surface area contributed by atoms with Crippen molar-refractivity contribution in [1.29, 1.82) is 0 Å². The van der Waals surface area contributed by atoms with E-state index in [2.05, 4.69) is 10.3 Å². The third kappa shape index (κ3) is 5.93. The first kappa shape index (κ1) is 25.0. The number of carbonyl (C=O) groups is 1. The predicted octanol–water partition coefficient (Wildman–Crippen LogP) is 7.19. The smallest absolute Gasteiger partial charge is 0.237 e. The lowest BCUT2D eigenvalue weighted by atomic mass is 10.0. The zero-order chi connectivity index (χ0) is 24.9. The second-order valence-electron chi connectivity index (χ2n) is 7.60. The van der Waals surface area contributed by atoms with Crippen LogP contribution in [0, 0.1) is 0 Å². The maximum absolute atomic E-state index is 12.8. The quantitative estimate of drug-likeness (QED) is 0.237. The number of hydrogen-bond acceptors (Lipinski definition) is 5. The number of aromatic amines is 1. The maximum Gasteiger partial charge on any atom is 0.237 e. The monoisotopic (exact) mass is 527 g/mol. The normalized spacial score (nSPS) is 11.7. The lowest BCUT2D eigenvalue weighted by Crippen LogP contribution is -2.22. The summed E-state index contributed by atoms with van der Waals surface area (Å²) in [5.74, 6) is 1.35. The molecule has 4 rings (SSSR count). The molecule has 1 unspecified atom stereocenters. The third-order valence-electron chi connectivity index (χ3n) is 5.27. The Morgan fingerprint density at radius 1 is 0.914 bits per heavy atom. The molecule has 0 saturated carbocycles. The van der Waals surface area contributed by atoms with Crippen LogP contribution in [-0.4, -0.2) is 35.3 Å². The molecule has 0 radical (unpaired) electrons. The molecule has 1 aromatic heterocycles. The summed E-state index contributed by atoms with van der Waals surface area (Å²) in [5.41, 5.74) is 4.07. The van der Waals surface area contributed by atoms with Crippen LogP contribution in [-0.2, 0) is 4.79 Å². The van der Waals surface area contributed by atoms with Gasteiger partial charge in [0, 0.05) is 16.8 Å². The summed E-state index contributed by atoms with van der Waals surface area (Å²) in [4.78, 5) is 21.0. The zero-order valence-corrected chi connectivity index (χ0v) is 21.6. The predicted molar refractivity (Wildman–Crippen MR) is 143 cm³/mol. The molecule has 2 N–H and O–H groups in total. The van der Waals surface area contributed by atoms with Crippen LogP contribution in [0.15, 0.2) is 71.9 Å². The van der Waals surface area contributed by atoms with E-state index >= 15 is 0 Å². The van der Waals surface area contributed by atoms with Crippen LogP contribution in [0.1, 0.15) is 6.92 Å². The fourth-order valence-electron chi connectivity index (χ4n) is 3.37. The first-order valence-corrected chi connectivity index (χ1v) is 12.3. The second kappa shape index (κ2) is 11.1. The van der Waals surface area contributed by atoms with Gasteiger partial charge in [0.25, 0.3) is 0 Å². The first-order chi connectivity index (χ1) is 16.9. The molecule has 4 aromatic rings. The molecule has 0 aliphatic rings. The van der Waals surface area contributed by atoms with Crippen LogP contribution < -0.4 is 14.8 Å². The van der Waals surface area contributed by atoms with Gasteiger partial charge in [0.1, 0.15) is 11.5 Å². The minimum Gasteiger partial charge on any atom is -0.497 e. The number of benzene rings is 3. The van der Waals surface area contributed by atoms with Gasteiger partial charge in [-0.2, -0.15) is 0 Å². The highest BCUT2D eigenvalue weighted by Gasteiger charge is 2.20. The molecule has 35 heavy (non-hydrogen) atoms. The Morgan fingerprint density at radius 2 is 1.51 bits per heavy atom. The third-order valence-corrected chi connectivity index (χ3v) is 6.99. The molecule has 0 spiro atoms. The number of methoxy groups -OCH3 is 2. The highest BCUT2D eigenvalue weighted by atomic mass is 35.5. The molecular weight excluding hydrogens is 505 g/mol. The summed E-state index contributed by atoms with van der Waals surface area (Å²) in [6.45, 7) is 1.82. The van der Waals surface area contributed by atoms with E-state index in [1.165, 1.54) is 11.8 Å². The summed E-state index contributed by atoms with van der Waals surface area (Å²) in [6, 6.07) is 20.4. The molecule has 1 heterocycles. The van der Waals surface area contributed by atoms with Crippen molar-refractivity contribution >= 4 is 46.6 Å². The van der Waals surface area contributed by atoms with Gasteiger partial charge in [-0.1, -0.05) is 35.0 Å². The van der Waals surface area contributed by atoms with Gasteiger partial charge in [-0.25, -0.2) is 4.98 Å². The van der Waals surface area contributed by atoms with Crippen molar-refractivity contribution < 1.29 is 14.3 Å². The number of carbonyl (C=O) groups excluding carboxylic acids is 1. The topological polar surface area (TPSA) is 76.2 Å². The minimum atomic E-state index is -0.428. The number of imidazole rings is 1. The molecule has 0 aliphatic carbocycles. The summed E-state index contributed by atoms with van der Waals surface area (Å²) in [6.07, 6.45) is 0. The van der Waals surface area contributed by atoms with Crippen molar-refractivity contribution in [3.63, 3.8) is 0 Å². The lowest BCUT2D eigenvalue weighted by Gasteiger charge is -2.11. The van der Waals surface area contributed by atoms with E-state index in [0.717, 1.165) is 34.0 Å². The van der Waals surface area contributed by atoms with E-state index in [9.17, 15) is 4.79 Å². The van der Waals surface area contributed by atoms with Crippen LogP contribution in [0.25, 0.3) is 22.5 Å². The van der Waals surface area contributed by atoms with Gasteiger partial charge in [0.05, 0.1) is 40.9 Å². The van der Waals surface area contributed by atoms with Crippen LogP contribution >= 0.6 is 35.0 Å². The molecule has 0 bridgehead atoms. The molecule has 6 nitrogen and oxygen atoms in total. The number of anilines is 1. The van der Waals surface area contributed by atoms with E-state index in [4.69, 9.17) is 37.7 Å². The van der Waals surface area contributed by atoms with Gasteiger partial charge < -0.3 is 19.8 Å². The molecular formula is C26H23Cl2N3O3S. The van der Waals surface area contributed by atoms with Crippen molar-refractivity contribution in [3.8, 4) is 34.0 Å². The number of thioether (sulfide) groups is 1. The summed E-state index contributed by atoms with van der Waals surface area (Å²) in [7, 11) is 3.26. The Hall–Kier alpha value is -3.13. The number of H-pyrrole nitrogens is 1. The summed E-state index contributed by atoms with van der Waals surface area (Å²) < 4.78 is 10.6. The first-order valence-electron chi connectivity index (χ1n) is 10.7. The van der Waals surface area contributed by atoms with Gasteiger partial charge in [-0.05, 0) is 73.7 Å². The fourth-order valence-corrected chi connectivity index (χ4v) is 4.47. The van der Waals surface area contributed by atoms with E-state index in [1.54, 1.807) is 32.4 Å². The average Bonchev–Trinajstić information content (AvgIpc) is 3.30. The van der Waals surface area contributed by atoms with Gasteiger partial charge in [0.15, 0.2) is 5.16 Å². The summed E-state index contributed by atoms with van der Waals surface area (Å²) >= 11 is 13.4. The number of nitrogens with one attached hydrogen (secondary N) is 2. The number of rotatable bonds is 8. The Bertz CT molecular complexity index is 1260. The number of hydrogen-bond donors (Lipinski definition) is 2. The number of amides is 1. The van der Waals surface area contributed by atoms with E-state index in [1.807, 2.05) is 55.5 Å². The van der Waals surface area contributed by atoms with E-state index in [-0.39, 0.29) is 5.91 Å². The Balaban J connectivity index is 1.60. The highest BCUT2D eigenvalue weighted by molar-refractivity contribution is 8.00. The van der Waals surface area contributed by atoms with Crippen LogP contribution in [0.3, 0.4) is 0 Å². The van der Waals surface area contributed by atoms with Gasteiger partial charge in [-0.15, -0.1) is 0 Å².